The van der Waals surface area contributed by atoms with Crippen molar-refractivity contribution in [2.45, 2.75) is 33.1 Å². The SMILES string of the molecule is Cc1ccc(Oc2cc(C#N)c(C#N)cc2N2CCCCC2)cc1C. The molecule has 0 bridgehead atoms. The number of hydrogen-bond acceptors (Lipinski definition) is 4. The van der Waals surface area contributed by atoms with Gasteiger partial charge in [0, 0.05) is 19.2 Å². The average molecular weight is 331 g/mol. The number of rotatable bonds is 3. The zero-order valence-electron chi connectivity index (χ0n) is 14.7. The van der Waals surface area contributed by atoms with E-state index >= 15 is 0 Å². The smallest absolute Gasteiger partial charge is 0.152 e. The number of nitrogens with zero attached hydrogens (tertiary/aromatic N) is 3. The van der Waals surface area contributed by atoms with Crippen LogP contribution in [0.25, 0.3) is 0 Å². The summed E-state index contributed by atoms with van der Waals surface area (Å²) >= 11 is 0. The van der Waals surface area contributed by atoms with Gasteiger partial charge in [0.25, 0.3) is 0 Å². The van der Waals surface area contributed by atoms with E-state index < -0.39 is 0 Å². The van der Waals surface area contributed by atoms with Gasteiger partial charge < -0.3 is 9.64 Å². The largest absolute Gasteiger partial charge is 0.455 e. The quantitative estimate of drug-likeness (QED) is 0.808. The first-order valence-corrected chi connectivity index (χ1v) is 8.60. The van der Waals surface area contributed by atoms with Crippen LogP contribution >= 0.6 is 0 Å². The highest BCUT2D eigenvalue weighted by molar-refractivity contribution is 5.67. The maximum Gasteiger partial charge on any atom is 0.152 e. The van der Waals surface area contributed by atoms with E-state index in [0.717, 1.165) is 42.9 Å². The van der Waals surface area contributed by atoms with Gasteiger partial charge >= 0.3 is 0 Å². The van der Waals surface area contributed by atoms with Gasteiger partial charge in [-0.25, -0.2) is 0 Å². The van der Waals surface area contributed by atoms with Crippen molar-refractivity contribution < 1.29 is 4.74 Å². The van der Waals surface area contributed by atoms with Crippen molar-refractivity contribution in [1.82, 2.24) is 0 Å². The molecule has 4 nitrogen and oxygen atoms in total. The Morgan fingerprint density at radius 2 is 1.56 bits per heavy atom. The molecule has 0 N–H and O–H groups in total. The fraction of sp³-hybridized carbons (Fsp3) is 0.333. The van der Waals surface area contributed by atoms with Crippen molar-refractivity contribution >= 4 is 5.69 Å². The first-order chi connectivity index (χ1) is 12.1. The lowest BCUT2D eigenvalue weighted by Crippen LogP contribution is -2.29. The molecule has 1 fully saturated rings. The van der Waals surface area contributed by atoms with Crippen molar-refractivity contribution in [1.29, 1.82) is 10.5 Å². The average Bonchev–Trinajstić information content (AvgIpc) is 2.65. The fourth-order valence-corrected chi connectivity index (χ4v) is 3.12. The summed E-state index contributed by atoms with van der Waals surface area (Å²) in [6.45, 7) is 6.00. The third-order valence-corrected chi connectivity index (χ3v) is 4.74. The molecule has 0 aromatic heterocycles. The van der Waals surface area contributed by atoms with Crippen LogP contribution in [0, 0.1) is 36.5 Å². The molecule has 25 heavy (non-hydrogen) atoms. The minimum absolute atomic E-state index is 0.349. The molecule has 126 valence electrons. The molecule has 1 aliphatic heterocycles. The lowest BCUT2D eigenvalue weighted by molar-refractivity contribution is 0.476. The van der Waals surface area contributed by atoms with Gasteiger partial charge in [0.15, 0.2) is 5.75 Å². The van der Waals surface area contributed by atoms with Crippen LogP contribution in [0.3, 0.4) is 0 Å². The van der Waals surface area contributed by atoms with Crippen LogP contribution in [0.2, 0.25) is 0 Å². The van der Waals surface area contributed by atoms with Gasteiger partial charge in [-0.3, -0.25) is 0 Å². The van der Waals surface area contributed by atoms with Crippen molar-refractivity contribution in [2.24, 2.45) is 0 Å². The summed E-state index contributed by atoms with van der Waals surface area (Å²) in [5.74, 6) is 1.38. The molecule has 0 spiro atoms. The first kappa shape index (κ1) is 16.9. The van der Waals surface area contributed by atoms with Crippen molar-refractivity contribution in [3.63, 3.8) is 0 Å². The van der Waals surface area contributed by atoms with Gasteiger partial charge in [-0.2, -0.15) is 10.5 Å². The molecule has 1 aliphatic rings. The van der Waals surface area contributed by atoms with Crippen LogP contribution in [0.4, 0.5) is 5.69 Å². The van der Waals surface area contributed by atoms with E-state index in [4.69, 9.17) is 4.74 Å². The Bertz CT molecular complexity index is 868. The fourth-order valence-electron chi connectivity index (χ4n) is 3.12. The molecule has 0 unspecified atom stereocenters. The monoisotopic (exact) mass is 331 g/mol. The summed E-state index contributed by atoms with van der Waals surface area (Å²) in [6.07, 6.45) is 3.49. The molecular formula is C21H21N3O. The van der Waals surface area contributed by atoms with Crippen molar-refractivity contribution in [3.8, 4) is 23.6 Å². The van der Waals surface area contributed by atoms with Crippen LogP contribution < -0.4 is 9.64 Å². The van der Waals surface area contributed by atoms with Gasteiger partial charge in [0.2, 0.25) is 0 Å². The maximum absolute atomic E-state index is 9.36. The minimum atomic E-state index is 0.349. The number of nitriles is 2. The van der Waals surface area contributed by atoms with E-state index in [1.807, 2.05) is 25.1 Å². The molecule has 0 atom stereocenters. The Morgan fingerprint density at radius 3 is 2.20 bits per heavy atom. The molecule has 1 saturated heterocycles. The molecule has 0 amide bonds. The Morgan fingerprint density at radius 1 is 0.880 bits per heavy atom. The second kappa shape index (κ2) is 7.28. The third kappa shape index (κ3) is 3.59. The van der Waals surface area contributed by atoms with Crippen molar-refractivity contribution in [3.05, 3.63) is 52.6 Å². The van der Waals surface area contributed by atoms with E-state index in [-0.39, 0.29) is 0 Å². The van der Waals surface area contributed by atoms with Crippen LogP contribution in [0.1, 0.15) is 41.5 Å². The highest BCUT2D eigenvalue weighted by Gasteiger charge is 2.19. The first-order valence-electron chi connectivity index (χ1n) is 8.60. The summed E-state index contributed by atoms with van der Waals surface area (Å²) in [4.78, 5) is 2.25. The third-order valence-electron chi connectivity index (χ3n) is 4.74. The number of anilines is 1. The predicted molar refractivity (Wildman–Crippen MR) is 97.9 cm³/mol. The van der Waals surface area contributed by atoms with Crippen LogP contribution in [0.5, 0.6) is 11.5 Å². The predicted octanol–water partition coefficient (Wildman–Crippen LogP) is 4.83. The molecule has 2 aromatic carbocycles. The van der Waals surface area contributed by atoms with Gasteiger partial charge in [-0.1, -0.05) is 6.07 Å². The number of hydrogen-bond donors (Lipinski definition) is 0. The second-order valence-electron chi connectivity index (χ2n) is 6.48. The molecule has 2 aromatic rings. The van der Waals surface area contributed by atoms with Gasteiger partial charge in [0.05, 0.1) is 16.8 Å². The summed E-state index contributed by atoms with van der Waals surface area (Å²) in [7, 11) is 0. The normalized spacial score (nSPS) is 13.8. The zero-order valence-corrected chi connectivity index (χ0v) is 14.7. The Kier molecular flexibility index (Phi) is 4.91. The van der Waals surface area contributed by atoms with E-state index in [1.54, 1.807) is 12.1 Å². The number of ether oxygens (including phenoxy) is 1. The van der Waals surface area contributed by atoms with Crippen molar-refractivity contribution in [2.75, 3.05) is 18.0 Å². The second-order valence-corrected chi connectivity index (χ2v) is 6.48. The number of aryl methyl sites for hydroxylation is 2. The Hall–Kier alpha value is -2.98. The van der Waals surface area contributed by atoms with E-state index in [0.29, 0.717) is 16.9 Å². The lowest BCUT2D eigenvalue weighted by atomic mass is 10.0. The highest BCUT2D eigenvalue weighted by Crippen LogP contribution is 2.36. The van der Waals surface area contributed by atoms with Gasteiger partial charge in [0.1, 0.15) is 17.9 Å². The molecule has 4 heteroatoms. The lowest BCUT2D eigenvalue weighted by Gasteiger charge is -2.30. The molecule has 0 radical (unpaired) electrons. The Labute approximate surface area is 148 Å². The minimum Gasteiger partial charge on any atom is -0.455 e. The summed E-state index contributed by atoms with van der Waals surface area (Å²) in [6, 6.07) is 13.7. The molecule has 3 rings (SSSR count). The van der Waals surface area contributed by atoms with E-state index in [2.05, 4.69) is 24.0 Å². The maximum atomic E-state index is 9.36. The van der Waals surface area contributed by atoms with E-state index in [9.17, 15) is 10.5 Å². The Balaban J connectivity index is 2.04. The van der Waals surface area contributed by atoms with E-state index in [1.165, 1.54) is 12.0 Å². The molecule has 0 saturated carbocycles. The zero-order chi connectivity index (χ0) is 17.8. The molecule has 1 heterocycles. The molecule has 0 aliphatic carbocycles. The molecular weight excluding hydrogens is 310 g/mol. The standard InChI is InChI=1S/C21H21N3O/c1-15-6-7-19(10-16(15)2)25-21-12-18(14-23)17(13-22)11-20(21)24-8-4-3-5-9-24/h6-7,10-12H,3-5,8-9H2,1-2H3. The number of piperidine rings is 1. The summed E-state index contributed by atoms with van der Waals surface area (Å²) in [5, 5.41) is 18.7. The number of benzene rings is 2. The van der Waals surface area contributed by atoms with Gasteiger partial charge in [-0.15, -0.1) is 0 Å². The highest BCUT2D eigenvalue weighted by atomic mass is 16.5. The van der Waals surface area contributed by atoms with Gasteiger partial charge in [-0.05, 0) is 62.4 Å². The summed E-state index contributed by atoms with van der Waals surface area (Å²) in [5.41, 5.74) is 4.01. The van der Waals surface area contributed by atoms with Crippen LogP contribution in [0.15, 0.2) is 30.3 Å². The topological polar surface area (TPSA) is 60.0 Å². The van der Waals surface area contributed by atoms with Crippen LogP contribution in [-0.2, 0) is 0 Å². The summed E-state index contributed by atoms with van der Waals surface area (Å²) < 4.78 is 6.14. The van der Waals surface area contributed by atoms with Crippen LogP contribution in [-0.4, -0.2) is 13.1 Å².